The van der Waals surface area contributed by atoms with Crippen molar-refractivity contribution in [2.45, 2.75) is 31.9 Å². The van der Waals surface area contributed by atoms with E-state index in [4.69, 9.17) is 0 Å². The Morgan fingerprint density at radius 1 is 1.06 bits per heavy atom. The first-order valence-corrected chi connectivity index (χ1v) is 12.0. The second-order valence-corrected chi connectivity index (χ2v) is 9.41. The second kappa shape index (κ2) is 8.39. The molecule has 6 rings (SSSR count). The fourth-order valence-corrected chi connectivity index (χ4v) is 5.30. The van der Waals surface area contributed by atoms with Crippen LogP contribution in [0.3, 0.4) is 0 Å². The molecule has 1 amide bonds. The van der Waals surface area contributed by atoms with E-state index in [1.807, 2.05) is 61.4 Å². The van der Waals surface area contributed by atoms with Gasteiger partial charge in [-0.3, -0.25) is 4.79 Å². The first-order chi connectivity index (χ1) is 17.0. The van der Waals surface area contributed by atoms with Gasteiger partial charge in [-0.15, -0.1) is 0 Å². The number of carbonyl (C=O) groups excluding carboxylic acids is 1. The maximum absolute atomic E-state index is 13.0. The number of rotatable bonds is 4. The van der Waals surface area contributed by atoms with Crippen molar-refractivity contribution < 1.29 is 9.90 Å². The molecule has 1 aromatic carbocycles. The van der Waals surface area contributed by atoms with Crippen LogP contribution in [0.5, 0.6) is 0 Å². The number of aliphatic hydroxyl groups excluding tert-OH is 1. The molecule has 8 nitrogen and oxygen atoms in total. The highest BCUT2D eigenvalue weighted by molar-refractivity contribution is 6.08. The number of hydrogen-bond donors (Lipinski definition) is 3. The van der Waals surface area contributed by atoms with Gasteiger partial charge in [0.05, 0.1) is 35.3 Å². The first-order valence-electron chi connectivity index (χ1n) is 12.0. The molecule has 8 heteroatoms. The lowest BCUT2D eigenvalue weighted by molar-refractivity contribution is 0.0959. The highest BCUT2D eigenvalue weighted by Crippen LogP contribution is 2.41. The van der Waals surface area contributed by atoms with Crippen LogP contribution in [0, 0.1) is 0 Å². The molecule has 0 radical (unpaired) electrons. The quantitative estimate of drug-likeness (QED) is 0.417. The average Bonchev–Trinajstić information content (AvgIpc) is 3.40. The molecule has 35 heavy (non-hydrogen) atoms. The van der Waals surface area contributed by atoms with Crippen molar-refractivity contribution in [2.24, 2.45) is 7.05 Å². The number of anilines is 3. The summed E-state index contributed by atoms with van der Waals surface area (Å²) < 4.78 is 2.00. The van der Waals surface area contributed by atoms with Gasteiger partial charge < -0.3 is 25.2 Å². The number of fused-ring (bicyclic) bond motifs is 2. The Bertz CT molecular complexity index is 1420. The summed E-state index contributed by atoms with van der Waals surface area (Å²) in [4.78, 5) is 24.4. The molecule has 2 aliphatic rings. The summed E-state index contributed by atoms with van der Waals surface area (Å²) in [6, 6.07) is 12.0. The molecular formula is C27H28N6O2. The lowest BCUT2D eigenvalue weighted by Gasteiger charge is -2.31. The molecule has 178 valence electrons. The SMILES string of the molecule is CC1NC(=O)c2c(Nc3ccc(N4CCC(O)CC4)cn3)ccc(-c3ccnc4c3ccn4C)c21. The number of piperidine rings is 1. The maximum atomic E-state index is 13.0. The summed E-state index contributed by atoms with van der Waals surface area (Å²) in [5.41, 5.74) is 6.44. The van der Waals surface area contributed by atoms with Gasteiger partial charge in [0, 0.05) is 37.9 Å². The number of nitrogens with zero attached hydrogens (tertiary/aromatic N) is 4. The minimum Gasteiger partial charge on any atom is -0.393 e. The number of aliphatic hydroxyl groups is 1. The number of pyridine rings is 2. The fraction of sp³-hybridized carbons (Fsp3) is 0.296. The average molecular weight is 469 g/mol. The summed E-state index contributed by atoms with van der Waals surface area (Å²) in [6.45, 7) is 3.67. The molecule has 0 aliphatic carbocycles. The molecule has 1 atom stereocenters. The molecular weight excluding hydrogens is 440 g/mol. The maximum Gasteiger partial charge on any atom is 0.254 e. The zero-order chi connectivity index (χ0) is 24.1. The van der Waals surface area contributed by atoms with Crippen LogP contribution in [0.1, 0.15) is 41.7 Å². The molecule has 1 fully saturated rings. The van der Waals surface area contributed by atoms with Crippen LogP contribution in [0.2, 0.25) is 0 Å². The van der Waals surface area contributed by atoms with Crippen LogP contribution in [0.25, 0.3) is 22.2 Å². The van der Waals surface area contributed by atoms with Gasteiger partial charge in [0.1, 0.15) is 11.5 Å². The van der Waals surface area contributed by atoms with Gasteiger partial charge >= 0.3 is 0 Å². The number of aryl methyl sites for hydroxylation is 1. The van der Waals surface area contributed by atoms with Crippen LogP contribution < -0.4 is 15.5 Å². The molecule has 3 N–H and O–H groups in total. The summed E-state index contributed by atoms with van der Waals surface area (Å²) >= 11 is 0. The Labute approximate surface area is 203 Å². The summed E-state index contributed by atoms with van der Waals surface area (Å²) in [6.07, 6.45) is 7.02. The number of hydrogen-bond acceptors (Lipinski definition) is 6. The zero-order valence-corrected chi connectivity index (χ0v) is 19.8. The third-order valence-corrected chi connectivity index (χ3v) is 7.15. The molecule has 3 aromatic heterocycles. The lowest BCUT2D eigenvalue weighted by Crippen LogP contribution is -2.35. The van der Waals surface area contributed by atoms with Gasteiger partial charge in [-0.1, -0.05) is 6.07 Å². The topological polar surface area (TPSA) is 95.3 Å². The molecule has 5 heterocycles. The Morgan fingerprint density at radius 3 is 2.66 bits per heavy atom. The standard InChI is InChI=1S/C27H28N6O2/c1-16-24-20(19-7-11-28-26-21(19)10-12-32(26)2)4-5-22(25(24)27(35)30-16)31-23-6-3-17(15-29-23)33-13-8-18(34)9-14-33/h3-7,10-12,15-16,18,34H,8-9,13-14H2,1-2H3,(H,29,31)(H,30,35). The van der Waals surface area contributed by atoms with E-state index < -0.39 is 0 Å². The third kappa shape index (κ3) is 3.70. The third-order valence-electron chi connectivity index (χ3n) is 7.15. The van der Waals surface area contributed by atoms with Crippen LogP contribution >= 0.6 is 0 Å². The van der Waals surface area contributed by atoms with Gasteiger partial charge in [0.2, 0.25) is 0 Å². The van der Waals surface area contributed by atoms with E-state index in [2.05, 4.69) is 37.6 Å². The second-order valence-electron chi connectivity index (χ2n) is 9.41. The lowest BCUT2D eigenvalue weighted by atomic mass is 9.91. The molecule has 4 aromatic rings. The molecule has 0 spiro atoms. The molecule has 0 saturated carbocycles. The molecule has 1 unspecified atom stereocenters. The van der Waals surface area contributed by atoms with E-state index in [9.17, 15) is 9.90 Å². The van der Waals surface area contributed by atoms with Crippen molar-refractivity contribution in [1.82, 2.24) is 19.9 Å². The minimum absolute atomic E-state index is 0.0845. The fourth-order valence-electron chi connectivity index (χ4n) is 5.30. The van der Waals surface area contributed by atoms with Gasteiger partial charge in [0.25, 0.3) is 5.91 Å². The monoisotopic (exact) mass is 468 g/mol. The van der Waals surface area contributed by atoms with Gasteiger partial charge in [-0.2, -0.15) is 0 Å². The number of carbonyl (C=O) groups is 1. The van der Waals surface area contributed by atoms with Crippen LogP contribution in [0.4, 0.5) is 17.2 Å². The highest BCUT2D eigenvalue weighted by atomic mass is 16.3. The smallest absolute Gasteiger partial charge is 0.254 e. The molecule has 0 bridgehead atoms. The predicted octanol–water partition coefficient (Wildman–Crippen LogP) is 4.14. The van der Waals surface area contributed by atoms with Crippen molar-refractivity contribution in [2.75, 3.05) is 23.3 Å². The summed E-state index contributed by atoms with van der Waals surface area (Å²) in [5, 5.41) is 17.3. The van der Waals surface area contributed by atoms with E-state index in [-0.39, 0.29) is 18.1 Å². The largest absolute Gasteiger partial charge is 0.393 e. The zero-order valence-electron chi connectivity index (χ0n) is 19.8. The Balaban J connectivity index is 1.35. The summed E-state index contributed by atoms with van der Waals surface area (Å²) in [5.74, 6) is 0.598. The molecule has 1 saturated heterocycles. The van der Waals surface area contributed by atoms with Crippen molar-refractivity contribution >= 4 is 34.1 Å². The van der Waals surface area contributed by atoms with Crippen molar-refractivity contribution in [1.29, 1.82) is 0 Å². The first kappa shape index (κ1) is 21.6. The number of aromatic nitrogens is 3. The Kier molecular flexibility index (Phi) is 5.18. The predicted molar refractivity (Wildman–Crippen MR) is 137 cm³/mol. The highest BCUT2D eigenvalue weighted by Gasteiger charge is 2.32. The van der Waals surface area contributed by atoms with E-state index in [0.29, 0.717) is 11.4 Å². The van der Waals surface area contributed by atoms with Crippen LogP contribution in [0.15, 0.2) is 55.0 Å². The minimum atomic E-state index is -0.205. The normalized spacial score (nSPS) is 18.1. The Morgan fingerprint density at radius 2 is 1.89 bits per heavy atom. The van der Waals surface area contributed by atoms with Crippen LogP contribution in [-0.2, 0) is 7.05 Å². The molecule has 2 aliphatic heterocycles. The van der Waals surface area contributed by atoms with Crippen LogP contribution in [-0.4, -0.2) is 44.7 Å². The van der Waals surface area contributed by atoms with Gasteiger partial charge in [-0.25, -0.2) is 9.97 Å². The van der Waals surface area contributed by atoms with Crippen molar-refractivity contribution in [3.8, 4) is 11.1 Å². The van der Waals surface area contributed by atoms with E-state index >= 15 is 0 Å². The van der Waals surface area contributed by atoms with Crippen molar-refractivity contribution in [3.05, 3.63) is 66.1 Å². The number of nitrogens with one attached hydrogen (secondary N) is 2. The summed E-state index contributed by atoms with van der Waals surface area (Å²) in [7, 11) is 1.98. The number of benzene rings is 1. The van der Waals surface area contributed by atoms with E-state index in [0.717, 1.165) is 65.0 Å². The van der Waals surface area contributed by atoms with Gasteiger partial charge in [-0.05, 0) is 66.8 Å². The van der Waals surface area contributed by atoms with Gasteiger partial charge in [0.15, 0.2) is 0 Å². The Hall–Kier alpha value is -3.91. The van der Waals surface area contributed by atoms with Crippen molar-refractivity contribution in [3.63, 3.8) is 0 Å². The van der Waals surface area contributed by atoms with E-state index in [1.54, 1.807) is 0 Å². The number of amides is 1. The van der Waals surface area contributed by atoms with E-state index in [1.165, 1.54) is 0 Å².